The number of nitrogens with zero attached hydrogens (tertiary/aromatic N) is 1. The second-order valence-corrected chi connectivity index (χ2v) is 5.58. The summed E-state index contributed by atoms with van der Waals surface area (Å²) in [6.45, 7) is 0.659. The molecule has 124 valence electrons. The van der Waals surface area contributed by atoms with Gasteiger partial charge in [-0.3, -0.25) is 4.79 Å². The molecule has 2 heterocycles. The van der Waals surface area contributed by atoms with E-state index in [1.165, 1.54) is 7.11 Å². The summed E-state index contributed by atoms with van der Waals surface area (Å²) >= 11 is 6.13. The molecule has 3 rings (SSSR count). The topological polar surface area (TPSA) is 55.8 Å². The number of amides is 1. The zero-order valence-corrected chi connectivity index (χ0v) is 13.8. The summed E-state index contributed by atoms with van der Waals surface area (Å²) in [5.41, 5.74) is 0.471. The van der Waals surface area contributed by atoms with Crippen LogP contribution in [0.4, 0.5) is 0 Å². The van der Waals surface area contributed by atoms with Crippen LogP contribution in [0.25, 0.3) is 0 Å². The first kappa shape index (κ1) is 16.2. The highest BCUT2D eigenvalue weighted by atomic mass is 35.5. The molecule has 1 aromatic carbocycles. The minimum atomic E-state index is -0.174. The van der Waals surface area contributed by atoms with E-state index in [2.05, 4.69) is 0 Å². The van der Waals surface area contributed by atoms with Gasteiger partial charge >= 0.3 is 0 Å². The van der Waals surface area contributed by atoms with E-state index in [-0.39, 0.29) is 5.91 Å². The van der Waals surface area contributed by atoms with Gasteiger partial charge in [0.1, 0.15) is 17.3 Å². The fraction of sp³-hybridized carbons (Fsp3) is 0.167. The normalized spacial score (nSPS) is 10.6. The predicted molar refractivity (Wildman–Crippen MR) is 89.0 cm³/mol. The third kappa shape index (κ3) is 3.63. The molecule has 2 aromatic heterocycles. The van der Waals surface area contributed by atoms with E-state index in [0.717, 1.165) is 0 Å². The Hall–Kier alpha value is -2.66. The maximum absolute atomic E-state index is 12.9. The Balaban J connectivity index is 1.85. The molecular weight excluding hydrogens is 330 g/mol. The Morgan fingerprint density at radius 1 is 1.08 bits per heavy atom. The molecule has 0 radical (unpaired) electrons. The fourth-order valence-corrected chi connectivity index (χ4v) is 2.62. The molecule has 0 fully saturated rings. The Bertz CT molecular complexity index is 760. The smallest absolute Gasteiger partial charge is 0.254 e. The van der Waals surface area contributed by atoms with Crippen molar-refractivity contribution in [3.63, 3.8) is 0 Å². The van der Waals surface area contributed by atoms with E-state index >= 15 is 0 Å². The van der Waals surface area contributed by atoms with E-state index in [1.54, 1.807) is 47.8 Å². The Morgan fingerprint density at radius 3 is 2.17 bits per heavy atom. The molecule has 5 nitrogen and oxygen atoms in total. The van der Waals surface area contributed by atoms with Crippen LogP contribution in [0.5, 0.6) is 5.75 Å². The van der Waals surface area contributed by atoms with Gasteiger partial charge in [-0.25, -0.2) is 0 Å². The molecule has 0 bridgehead atoms. The van der Waals surface area contributed by atoms with Crippen molar-refractivity contribution in [1.82, 2.24) is 4.90 Å². The van der Waals surface area contributed by atoms with Gasteiger partial charge in [-0.1, -0.05) is 11.6 Å². The van der Waals surface area contributed by atoms with Gasteiger partial charge in [-0.2, -0.15) is 0 Å². The highest BCUT2D eigenvalue weighted by Gasteiger charge is 2.20. The van der Waals surface area contributed by atoms with E-state index in [4.69, 9.17) is 25.2 Å². The average Bonchev–Trinajstić information content (AvgIpc) is 3.27. The van der Waals surface area contributed by atoms with Gasteiger partial charge in [-0.15, -0.1) is 0 Å². The number of rotatable bonds is 6. The maximum atomic E-state index is 12.9. The van der Waals surface area contributed by atoms with Crippen LogP contribution in [0.1, 0.15) is 21.9 Å². The van der Waals surface area contributed by atoms with Gasteiger partial charge in [0.25, 0.3) is 5.91 Å². The van der Waals surface area contributed by atoms with Crippen LogP contribution < -0.4 is 4.74 Å². The van der Waals surface area contributed by atoms with Crippen LogP contribution in [0.2, 0.25) is 5.02 Å². The average molecular weight is 346 g/mol. The van der Waals surface area contributed by atoms with Crippen LogP contribution in [-0.2, 0) is 13.1 Å². The molecular formula is C18H16ClNO4. The lowest BCUT2D eigenvalue weighted by molar-refractivity contribution is 0.0705. The van der Waals surface area contributed by atoms with Crippen LogP contribution in [-0.4, -0.2) is 17.9 Å². The summed E-state index contributed by atoms with van der Waals surface area (Å²) in [5.74, 6) is 1.73. The standard InChI is InChI=1S/C18H16ClNO4/c1-22-17-7-6-13(10-16(17)19)18(21)20(11-14-4-2-8-23-14)12-15-5-3-9-24-15/h2-10H,11-12H2,1H3. The van der Waals surface area contributed by atoms with Crippen LogP contribution in [0.3, 0.4) is 0 Å². The Morgan fingerprint density at radius 2 is 1.71 bits per heavy atom. The number of halogens is 1. The lowest BCUT2D eigenvalue weighted by atomic mass is 10.1. The van der Waals surface area contributed by atoms with Crippen LogP contribution >= 0.6 is 11.6 Å². The zero-order valence-electron chi connectivity index (χ0n) is 13.1. The van der Waals surface area contributed by atoms with E-state index in [9.17, 15) is 4.79 Å². The second kappa shape index (κ2) is 7.27. The summed E-state index contributed by atoms with van der Waals surface area (Å²) < 4.78 is 15.8. The molecule has 1 amide bonds. The summed E-state index contributed by atoms with van der Waals surface area (Å²) in [6.07, 6.45) is 3.16. The molecule has 0 aliphatic rings. The SMILES string of the molecule is COc1ccc(C(=O)N(Cc2ccco2)Cc2ccco2)cc1Cl. The lowest BCUT2D eigenvalue weighted by Gasteiger charge is -2.21. The number of ether oxygens (including phenoxy) is 1. The fourth-order valence-electron chi connectivity index (χ4n) is 2.36. The van der Waals surface area contributed by atoms with Crippen molar-refractivity contribution >= 4 is 17.5 Å². The molecule has 0 aliphatic heterocycles. The number of carbonyl (C=O) groups is 1. The third-order valence-corrected chi connectivity index (χ3v) is 3.83. The number of methoxy groups -OCH3 is 1. The molecule has 0 spiro atoms. The molecule has 0 aliphatic carbocycles. The zero-order chi connectivity index (χ0) is 16.9. The molecule has 3 aromatic rings. The van der Waals surface area contributed by atoms with E-state index in [0.29, 0.717) is 40.9 Å². The number of benzene rings is 1. The maximum Gasteiger partial charge on any atom is 0.254 e. The quantitative estimate of drug-likeness (QED) is 0.665. The van der Waals surface area contributed by atoms with Gasteiger partial charge in [0, 0.05) is 5.56 Å². The van der Waals surface area contributed by atoms with Crippen molar-refractivity contribution in [3.8, 4) is 5.75 Å². The van der Waals surface area contributed by atoms with Crippen molar-refractivity contribution < 1.29 is 18.4 Å². The van der Waals surface area contributed by atoms with Gasteiger partial charge in [0.2, 0.25) is 0 Å². The largest absolute Gasteiger partial charge is 0.495 e. The molecule has 0 N–H and O–H groups in total. The van der Waals surface area contributed by atoms with Gasteiger partial charge < -0.3 is 18.5 Å². The summed E-state index contributed by atoms with van der Waals surface area (Å²) in [7, 11) is 1.53. The molecule has 0 atom stereocenters. The van der Waals surface area contributed by atoms with Crippen molar-refractivity contribution in [3.05, 3.63) is 77.1 Å². The third-order valence-electron chi connectivity index (χ3n) is 3.54. The van der Waals surface area contributed by atoms with Crippen molar-refractivity contribution in [2.45, 2.75) is 13.1 Å². The number of hydrogen-bond donors (Lipinski definition) is 0. The molecule has 24 heavy (non-hydrogen) atoms. The van der Waals surface area contributed by atoms with Gasteiger partial charge in [-0.05, 0) is 42.5 Å². The highest BCUT2D eigenvalue weighted by molar-refractivity contribution is 6.32. The monoisotopic (exact) mass is 345 g/mol. The number of furan rings is 2. The van der Waals surface area contributed by atoms with Crippen LogP contribution in [0, 0.1) is 0 Å². The first-order valence-corrected chi connectivity index (χ1v) is 7.72. The molecule has 0 unspecified atom stereocenters. The van der Waals surface area contributed by atoms with Crippen LogP contribution in [0.15, 0.2) is 63.8 Å². The minimum Gasteiger partial charge on any atom is -0.495 e. The van der Waals surface area contributed by atoms with E-state index in [1.807, 2.05) is 12.1 Å². The lowest BCUT2D eigenvalue weighted by Crippen LogP contribution is -2.29. The molecule has 6 heteroatoms. The Kier molecular flexibility index (Phi) is 4.91. The molecule has 0 saturated carbocycles. The first-order valence-electron chi connectivity index (χ1n) is 7.35. The summed E-state index contributed by atoms with van der Waals surface area (Å²) in [6, 6.07) is 12.2. The number of hydrogen-bond acceptors (Lipinski definition) is 4. The molecule has 0 saturated heterocycles. The van der Waals surface area contributed by atoms with E-state index < -0.39 is 0 Å². The Labute approximate surface area is 144 Å². The van der Waals surface area contributed by atoms with Crippen molar-refractivity contribution in [1.29, 1.82) is 0 Å². The summed E-state index contributed by atoms with van der Waals surface area (Å²) in [4.78, 5) is 14.5. The van der Waals surface area contributed by atoms with Gasteiger partial charge in [0.15, 0.2) is 0 Å². The second-order valence-electron chi connectivity index (χ2n) is 5.17. The van der Waals surface area contributed by atoms with Gasteiger partial charge in [0.05, 0.1) is 37.7 Å². The predicted octanol–water partition coefficient (Wildman–Crippen LogP) is 4.38. The minimum absolute atomic E-state index is 0.174. The highest BCUT2D eigenvalue weighted by Crippen LogP contribution is 2.26. The summed E-state index contributed by atoms with van der Waals surface area (Å²) in [5, 5.41) is 0.388. The number of carbonyl (C=O) groups excluding carboxylic acids is 1. The van der Waals surface area contributed by atoms with Crippen molar-refractivity contribution in [2.24, 2.45) is 0 Å². The van der Waals surface area contributed by atoms with Crippen molar-refractivity contribution in [2.75, 3.05) is 7.11 Å². The first-order chi connectivity index (χ1) is 11.7.